The van der Waals surface area contributed by atoms with E-state index in [-0.39, 0.29) is 12.5 Å². The fourth-order valence-electron chi connectivity index (χ4n) is 1.91. The fourth-order valence-corrected chi connectivity index (χ4v) is 1.91. The van der Waals surface area contributed by atoms with E-state index in [1.807, 2.05) is 0 Å². The van der Waals surface area contributed by atoms with E-state index in [0.717, 1.165) is 12.8 Å². The van der Waals surface area contributed by atoms with Gasteiger partial charge in [0.2, 0.25) is 11.7 Å². The van der Waals surface area contributed by atoms with Crippen LogP contribution in [0.15, 0.2) is 27.3 Å². The first-order valence-corrected chi connectivity index (χ1v) is 6.06. The van der Waals surface area contributed by atoms with Crippen molar-refractivity contribution in [1.29, 1.82) is 0 Å². The first-order chi connectivity index (χ1) is 9.24. The smallest absolute Gasteiger partial charge is 0.320 e. The number of nitrogens with zero attached hydrogens (tertiary/aromatic N) is 2. The second-order valence-electron chi connectivity index (χ2n) is 4.52. The van der Waals surface area contributed by atoms with Gasteiger partial charge in [0.1, 0.15) is 6.04 Å². The lowest BCUT2D eigenvalue weighted by molar-refractivity contribution is -0.140. The summed E-state index contributed by atoms with van der Waals surface area (Å²) >= 11 is 0. The number of furan rings is 1. The third-order valence-electron chi connectivity index (χ3n) is 3.04. The summed E-state index contributed by atoms with van der Waals surface area (Å²) in [4.78, 5) is 15.2. The molecule has 3 rings (SSSR count). The Hall–Kier alpha value is -2.15. The first-order valence-electron chi connectivity index (χ1n) is 6.06. The van der Waals surface area contributed by atoms with Gasteiger partial charge >= 0.3 is 5.97 Å². The number of carboxylic acids is 1. The normalized spacial score (nSPS) is 16.4. The van der Waals surface area contributed by atoms with E-state index in [1.165, 1.54) is 6.26 Å². The molecule has 0 saturated heterocycles. The second kappa shape index (κ2) is 4.85. The van der Waals surface area contributed by atoms with E-state index in [1.54, 1.807) is 12.1 Å². The highest BCUT2D eigenvalue weighted by Crippen LogP contribution is 2.32. The molecule has 2 aromatic rings. The summed E-state index contributed by atoms with van der Waals surface area (Å²) in [5, 5.41) is 15.8. The Balaban J connectivity index is 1.62. The molecule has 0 aliphatic heterocycles. The van der Waals surface area contributed by atoms with Crippen molar-refractivity contribution >= 4 is 5.97 Å². The average Bonchev–Trinajstić information content (AvgIpc) is 2.92. The van der Waals surface area contributed by atoms with Crippen molar-refractivity contribution in [2.75, 3.05) is 0 Å². The van der Waals surface area contributed by atoms with Gasteiger partial charge in [0.05, 0.1) is 12.8 Å². The molecule has 1 aliphatic rings. The Labute approximate surface area is 108 Å². The van der Waals surface area contributed by atoms with E-state index in [0.29, 0.717) is 17.5 Å². The molecule has 1 fully saturated rings. The van der Waals surface area contributed by atoms with Gasteiger partial charge in [0.15, 0.2) is 5.76 Å². The third-order valence-corrected chi connectivity index (χ3v) is 3.04. The van der Waals surface area contributed by atoms with Crippen molar-refractivity contribution in [2.45, 2.75) is 25.4 Å². The minimum absolute atomic E-state index is 0.213. The number of hydrogen-bond acceptors (Lipinski definition) is 6. The zero-order valence-corrected chi connectivity index (χ0v) is 10.1. The lowest BCUT2D eigenvalue weighted by Crippen LogP contribution is -2.38. The summed E-state index contributed by atoms with van der Waals surface area (Å²) in [6.07, 6.45) is 3.42. The van der Waals surface area contributed by atoms with Crippen LogP contribution >= 0.6 is 0 Å². The molecule has 2 aromatic heterocycles. The molecule has 1 unspecified atom stereocenters. The zero-order chi connectivity index (χ0) is 13.2. The van der Waals surface area contributed by atoms with Crippen molar-refractivity contribution in [3.63, 3.8) is 0 Å². The zero-order valence-electron chi connectivity index (χ0n) is 10.1. The predicted molar refractivity (Wildman–Crippen MR) is 63.0 cm³/mol. The molecule has 2 N–H and O–H groups in total. The van der Waals surface area contributed by atoms with E-state index in [2.05, 4.69) is 15.5 Å². The van der Waals surface area contributed by atoms with Gasteiger partial charge in [-0.25, -0.2) is 0 Å². The number of rotatable bonds is 6. The molecular formula is C12H13N3O4. The van der Waals surface area contributed by atoms with Gasteiger partial charge in [0.25, 0.3) is 0 Å². The van der Waals surface area contributed by atoms with Gasteiger partial charge in [-0.05, 0) is 30.9 Å². The summed E-state index contributed by atoms with van der Waals surface area (Å²) in [5.41, 5.74) is 0. The van der Waals surface area contributed by atoms with Crippen LogP contribution in [0.2, 0.25) is 0 Å². The van der Waals surface area contributed by atoms with Gasteiger partial charge in [-0.1, -0.05) is 5.16 Å². The maximum Gasteiger partial charge on any atom is 0.320 e. The van der Waals surface area contributed by atoms with Gasteiger partial charge < -0.3 is 14.0 Å². The quantitative estimate of drug-likeness (QED) is 0.809. The van der Waals surface area contributed by atoms with Crippen LogP contribution < -0.4 is 5.32 Å². The van der Waals surface area contributed by atoms with Crippen LogP contribution in [0, 0.1) is 5.92 Å². The topological polar surface area (TPSA) is 101 Å². The van der Waals surface area contributed by atoms with Crippen molar-refractivity contribution in [3.8, 4) is 11.6 Å². The molecule has 1 atom stereocenters. The van der Waals surface area contributed by atoms with Gasteiger partial charge in [-0.15, -0.1) is 0 Å². The minimum Gasteiger partial charge on any atom is -0.480 e. The molecule has 7 nitrogen and oxygen atoms in total. The molecule has 2 heterocycles. The van der Waals surface area contributed by atoms with Gasteiger partial charge in [0, 0.05) is 0 Å². The van der Waals surface area contributed by atoms with Crippen LogP contribution in [0.4, 0.5) is 0 Å². The highest BCUT2D eigenvalue weighted by Gasteiger charge is 2.36. The largest absolute Gasteiger partial charge is 0.480 e. The lowest BCUT2D eigenvalue weighted by Gasteiger charge is -2.10. The minimum atomic E-state index is -0.840. The standard InChI is InChI=1S/C12H13N3O4/c16-12(17)10(7-3-4-7)13-6-9-14-11(15-19-9)8-2-1-5-18-8/h1-2,5,7,10,13H,3-4,6H2,(H,16,17). The summed E-state index contributed by atoms with van der Waals surface area (Å²) in [7, 11) is 0. The molecule has 1 saturated carbocycles. The molecule has 100 valence electrons. The average molecular weight is 263 g/mol. The monoisotopic (exact) mass is 263 g/mol. The Morgan fingerprint density at radius 1 is 1.58 bits per heavy atom. The number of aliphatic carboxylic acids is 1. The third kappa shape index (κ3) is 2.65. The van der Waals surface area contributed by atoms with Crippen LogP contribution in [0.5, 0.6) is 0 Å². The van der Waals surface area contributed by atoms with Crippen LogP contribution in [-0.2, 0) is 11.3 Å². The van der Waals surface area contributed by atoms with Crippen molar-refractivity contribution in [2.24, 2.45) is 5.92 Å². The first kappa shape index (κ1) is 11.9. The molecule has 0 radical (unpaired) electrons. The highest BCUT2D eigenvalue weighted by molar-refractivity contribution is 5.74. The second-order valence-corrected chi connectivity index (χ2v) is 4.52. The summed E-state index contributed by atoms with van der Waals surface area (Å²) < 4.78 is 10.2. The van der Waals surface area contributed by atoms with Crippen molar-refractivity contribution < 1.29 is 18.8 Å². The molecule has 1 aliphatic carbocycles. The number of nitrogens with one attached hydrogen (secondary N) is 1. The van der Waals surface area contributed by atoms with Gasteiger partial charge in [-0.3, -0.25) is 10.1 Å². The van der Waals surface area contributed by atoms with Gasteiger partial charge in [-0.2, -0.15) is 4.98 Å². The highest BCUT2D eigenvalue weighted by atomic mass is 16.5. The molecule has 0 spiro atoms. The molecule has 0 amide bonds. The number of carbonyl (C=O) groups is 1. The summed E-state index contributed by atoms with van der Waals surface area (Å²) in [5.74, 6) is 0.601. The number of carboxylic acid groups (broad SMARTS) is 1. The predicted octanol–water partition coefficient (Wildman–Crippen LogP) is 1.28. The van der Waals surface area contributed by atoms with E-state index in [9.17, 15) is 4.79 Å². The molecular weight excluding hydrogens is 250 g/mol. The number of hydrogen-bond donors (Lipinski definition) is 2. The molecule has 19 heavy (non-hydrogen) atoms. The van der Waals surface area contributed by atoms with Crippen LogP contribution in [0.1, 0.15) is 18.7 Å². The van der Waals surface area contributed by atoms with Crippen LogP contribution in [0.25, 0.3) is 11.6 Å². The SMILES string of the molecule is O=C(O)C(NCc1nc(-c2ccco2)no1)C1CC1. The maximum atomic E-state index is 11.1. The fraction of sp³-hybridized carbons (Fsp3) is 0.417. The van der Waals surface area contributed by atoms with Crippen molar-refractivity contribution in [1.82, 2.24) is 15.5 Å². The van der Waals surface area contributed by atoms with Crippen molar-refractivity contribution in [3.05, 3.63) is 24.3 Å². The van der Waals surface area contributed by atoms with Crippen LogP contribution in [-0.4, -0.2) is 27.3 Å². The van der Waals surface area contributed by atoms with E-state index in [4.69, 9.17) is 14.0 Å². The van der Waals surface area contributed by atoms with E-state index >= 15 is 0 Å². The molecule has 7 heteroatoms. The summed E-state index contributed by atoms with van der Waals surface area (Å²) in [6.45, 7) is 0.237. The Bertz CT molecular complexity index is 559. The maximum absolute atomic E-state index is 11.1. The number of aromatic nitrogens is 2. The molecule has 0 aromatic carbocycles. The Morgan fingerprint density at radius 2 is 2.42 bits per heavy atom. The Morgan fingerprint density at radius 3 is 3.05 bits per heavy atom. The lowest BCUT2D eigenvalue weighted by atomic mass is 10.2. The molecule has 0 bridgehead atoms. The van der Waals surface area contributed by atoms with Crippen LogP contribution in [0.3, 0.4) is 0 Å². The van der Waals surface area contributed by atoms with E-state index < -0.39 is 12.0 Å². The summed E-state index contributed by atoms with van der Waals surface area (Å²) in [6, 6.07) is 2.92. The Kier molecular flexibility index (Phi) is 3.04.